The molecule has 1 aliphatic carbocycles. The van der Waals surface area contributed by atoms with E-state index in [-0.39, 0.29) is 30.3 Å². The molecule has 0 aromatic rings. The highest BCUT2D eigenvalue weighted by Crippen LogP contribution is 2.22. The van der Waals surface area contributed by atoms with Crippen LogP contribution in [0.25, 0.3) is 0 Å². The van der Waals surface area contributed by atoms with Gasteiger partial charge in [-0.3, -0.25) is 9.59 Å². The summed E-state index contributed by atoms with van der Waals surface area (Å²) in [5, 5.41) is 9.08. The number of carbonyl (C=O) groups excluding carboxylic acids is 2. The van der Waals surface area contributed by atoms with Gasteiger partial charge in [0.25, 0.3) is 0 Å². The van der Waals surface area contributed by atoms with Crippen LogP contribution in [0, 0.1) is 0 Å². The summed E-state index contributed by atoms with van der Waals surface area (Å²) in [6, 6.07) is 0.253. The van der Waals surface area contributed by atoms with Gasteiger partial charge < -0.3 is 16.0 Å². The SMILES string of the molecule is CCNC(=O)C[C@H]1N[C@H]2CCCC[C@H]2NC1=O. The second kappa shape index (κ2) is 5.49. The van der Waals surface area contributed by atoms with E-state index in [1.165, 1.54) is 12.8 Å². The van der Waals surface area contributed by atoms with Crippen molar-refractivity contribution < 1.29 is 9.59 Å². The molecule has 3 atom stereocenters. The molecule has 2 amide bonds. The molecule has 5 nitrogen and oxygen atoms in total. The molecular weight excluding hydrogens is 218 g/mol. The second-order valence-corrected chi connectivity index (χ2v) is 4.88. The van der Waals surface area contributed by atoms with E-state index in [1.807, 2.05) is 6.92 Å². The summed E-state index contributed by atoms with van der Waals surface area (Å²) in [4.78, 5) is 23.3. The summed E-state index contributed by atoms with van der Waals surface area (Å²) in [5.41, 5.74) is 0. The van der Waals surface area contributed by atoms with Crippen LogP contribution < -0.4 is 16.0 Å². The monoisotopic (exact) mass is 239 g/mol. The largest absolute Gasteiger partial charge is 0.356 e. The van der Waals surface area contributed by atoms with Crippen LogP contribution in [-0.4, -0.2) is 36.5 Å². The lowest BCUT2D eigenvalue weighted by atomic mass is 9.87. The van der Waals surface area contributed by atoms with Gasteiger partial charge in [0.05, 0.1) is 12.5 Å². The van der Waals surface area contributed by atoms with Crippen LogP contribution in [0.5, 0.6) is 0 Å². The first-order valence-electron chi connectivity index (χ1n) is 6.54. The maximum atomic E-state index is 11.8. The molecular formula is C12H21N3O2. The average Bonchev–Trinajstić information content (AvgIpc) is 2.30. The highest BCUT2D eigenvalue weighted by molar-refractivity contribution is 5.89. The third-order valence-corrected chi connectivity index (χ3v) is 3.59. The Hall–Kier alpha value is -1.10. The molecule has 1 saturated heterocycles. The van der Waals surface area contributed by atoms with Crippen molar-refractivity contribution in [3.63, 3.8) is 0 Å². The molecule has 1 saturated carbocycles. The Morgan fingerprint density at radius 1 is 1.35 bits per heavy atom. The Labute approximate surface area is 102 Å². The maximum absolute atomic E-state index is 11.8. The zero-order valence-corrected chi connectivity index (χ0v) is 10.3. The van der Waals surface area contributed by atoms with Crippen molar-refractivity contribution in [1.29, 1.82) is 0 Å². The van der Waals surface area contributed by atoms with Crippen molar-refractivity contribution in [2.75, 3.05) is 6.54 Å². The molecule has 96 valence electrons. The van der Waals surface area contributed by atoms with Gasteiger partial charge in [-0.25, -0.2) is 0 Å². The van der Waals surface area contributed by atoms with Crippen LogP contribution in [-0.2, 0) is 9.59 Å². The predicted octanol–water partition coefficient (Wildman–Crippen LogP) is -0.0882. The predicted molar refractivity (Wildman–Crippen MR) is 64.4 cm³/mol. The number of hydrogen-bond donors (Lipinski definition) is 3. The molecule has 3 N–H and O–H groups in total. The van der Waals surface area contributed by atoms with Gasteiger partial charge >= 0.3 is 0 Å². The number of rotatable bonds is 3. The molecule has 2 fully saturated rings. The fraction of sp³-hybridized carbons (Fsp3) is 0.833. The summed E-state index contributed by atoms with van der Waals surface area (Å²) in [6.07, 6.45) is 4.78. The van der Waals surface area contributed by atoms with E-state index in [1.54, 1.807) is 0 Å². The third-order valence-electron chi connectivity index (χ3n) is 3.59. The van der Waals surface area contributed by atoms with Gasteiger partial charge in [-0.2, -0.15) is 0 Å². The Kier molecular flexibility index (Phi) is 3.99. The Balaban J connectivity index is 1.90. The van der Waals surface area contributed by atoms with Crippen molar-refractivity contribution in [2.24, 2.45) is 0 Å². The molecule has 0 unspecified atom stereocenters. The molecule has 0 spiro atoms. The van der Waals surface area contributed by atoms with E-state index < -0.39 is 0 Å². The molecule has 0 radical (unpaired) electrons. The normalized spacial score (nSPS) is 32.5. The summed E-state index contributed by atoms with van der Waals surface area (Å²) < 4.78 is 0. The van der Waals surface area contributed by atoms with Crippen LogP contribution >= 0.6 is 0 Å². The minimum absolute atomic E-state index is 0.0283. The molecule has 1 heterocycles. The van der Waals surface area contributed by atoms with Crippen LogP contribution in [0.15, 0.2) is 0 Å². The molecule has 2 rings (SSSR count). The van der Waals surface area contributed by atoms with E-state index >= 15 is 0 Å². The van der Waals surface area contributed by atoms with Gasteiger partial charge in [-0.15, -0.1) is 0 Å². The fourth-order valence-corrected chi connectivity index (χ4v) is 2.73. The minimum atomic E-state index is -0.360. The van der Waals surface area contributed by atoms with Crippen molar-refractivity contribution in [2.45, 2.75) is 57.2 Å². The average molecular weight is 239 g/mol. The first-order valence-corrected chi connectivity index (χ1v) is 6.54. The lowest BCUT2D eigenvalue weighted by Crippen LogP contribution is -2.65. The molecule has 0 aromatic heterocycles. The fourth-order valence-electron chi connectivity index (χ4n) is 2.73. The topological polar surface area (TPSA) is 70.2 Å². The van der Waals surface area contributed by atoms with E-state index in [9.17, 15) is 9.59 Å². The van der Waals surface area contributed by atoms with E-state index in [0.29, 0.717) is 12.6 Å². The number of piperazine rings is 1. The molecule has 0 bridgehead atoms. The summed E-state index contributed by atoms with van der Waals surface area (Å²) in [5.74, 6) is -0.0891. The van der Waals surface area contributed by atoms with E-state index in [2.05, 4.69) is 16.0 Å². The molecule has 17 heavy (non-hydrogen) atoms. The van der Waals surface area contributed by atoms with E-state index in [0.717, 1.165) is 12.8 Å². The van der Waals surface area contributed by atoms with Gasteiger partial charge in [0.2, 0.25) is 11.8 Å². The maximum Gasteiger partial charge on any atom is 0.237 e. The van der Waals surface area contributed by atoms with Crippen molar-refractivity contribution in [3.05, 3.63) is 0 Å². The first-order chi connectivity index (χ1) is 8.20. The zero-order chi connectivity index (χ0) is 12.3. The summed E-state index contributed by atoms with van der Waals surface area (Å²) >= 11 is 0. The van der Waals surface area contributed by atoms with E-state index in [4.69, 9.17) is 0 Å². The van der Waals surface area contributed by atoms with Crippen LogP contribution in [0.2, 0.25) is 0 Å². The smallest absolute Gasteiger partial charge is 0.237 e. The van der Waals surface area contributed by atoms with Crippen LogP contribution in [0.3, 0.4) is 0 Å². The number of amides is 2. The van der Waals surface area contributed by atoms with Crippen molar-refractivity contribution in [3.8, 4) is 0 Å². The molecule has 1 aliphatic heterocycles. The lowest BCUT2D eigenvalue weighted by Gasteiger charge is -2.40. The zero-order valence-electron chi connectivity index (χ0n) is 10.3. The van der Waals surface area contributed by atoms with Crippen LogP contribution in [0.1, 0.15) is 39.0 Å². The van der Waals surface area contributed by atoms with Crippen molar-refractivity contribution in [1.82, 2.24) is 16.0 Å². The highest BCUT2D eigenvalue weighted by atomic mass is 16.2. The second-order valence-electron chi connectivity index (χ2n) is 4.88. The molecule has 2 aliphatic rings. The number of hydrogen-bond acceptors (Lipinski definition) is 3. The summed E-state index contributed by atoms with van der Waals surface area (Å²) in [7, 11) is 0. The van der Waals surface area contributed by atoms with Crippen LogP contribution in [0.4, 0.5) is 0 Å². The highest BCUT2D eigenvalue weighted by Gasteiger charge is 2.36. The van der Waals surface area contributed by atoms with Gasteiger partial charge in [0, 0.05) is 18.6 Å². The van der Waals surface area contributed by atoms with Gasteiger partial charge in [-0.1, -0.05) is 12.8 Å². The lowest BCUT2D eigenvalue weighted by molar-refractivity contribution is -0.131. The van der Waals surface area contributed by atoms with Gasteiger partial charge in [0.15, 0.2) is 0 Å². The number of nitrogens with one attached hydrogen (secondary N) is 3. The molecule has 0 aromatic carbocycles. The Morgan fingerprint density at radius 2 is 2.06 bits per heavy atom. The Morgan fingerprint density at radius 3 is 2.76 bits per heavy atom. The third kappa shape index (κ3) is 2.97. The number of fused-ring (bicyclic) bond motifs is 1. The number of carbonyl (C=O) groups is 2. The summed E-state index contributed by atoms with van der Waals surface area (Å²) in [6.45, 7) is 2.49. The quantitative estimate of drug-likeness (QED) is 0.645. The van der Waals surface area contributed by atoms with Gasteiger partial charge in [0.1, 0.15) is 0 Å². The van der Waals surface area contributed by atoms with Crippen molar-refractivity contribution >= 4 is 11.8 Å². The Bertz CT molecular complexity index is 306. The standard InChI is InChI=1S/C12H21N3O2/c1-2-13-11(16)7-10-12(17)15-9-6-4-3-5-8(9)14-10/h8-10,14H,2-7H2,1H3,(H,13,16)(H,15,17)/t8-,9+,10+/m0/s1. The first kappa shape index (κ1) is 12.4. The molecule has 5 heteroatoms. The minimum Gasteiger partial charge on any atom is -0.356 e. The van der Waals surface area contributed by atoms with Gasteiger partial charge in [-0.05, 0) is 19.8 Å².